The number of pyridine rings is 1. The highest BCUT2D eigenvalue weighted by Crippen LogP contribution is 2.40. The number of rotatable bonds is 2. The first-order valence-electron chi connectivity index (χ1n) is 6.94. The molecule has 1 amide bonds. The number of hydrogen-bond donors (Lipinski definition) is 1. The third-order valence-corrected chi connectivity index (χ3v) is 4.06. The van der Waals surface area contributed by atoms with Gasteiger partial charge in [-0.2, -0.15) is 13.2 Å². The van der Waals surface area contributed by atoms with Gasteiger partial charge < -0.3 is 10.6 Å². The van der Waals surface area contributed by atoms with E-state index in [-0.39, 0.29) is 18.9 Å². The number of carbonyl (C=O) groups excluding carboxylic acids is 1. The normalized spacial score (nSPS) is 24.6. The number of halogens is 5. The molecule has 0 spiro atoms. The Kier molecular flexibility index (Phi) is 4.25. The van der Waals surface area contributed by atoms with E-state index in [9.17, 15) is 26.7 Å². The van der Waals surface area contributed by atoms with Crippen LogP contribution in [0, 0.1) is 11.8 Å². The van der Waals surface area contributed by atoms with Gasteiger partial charge in [0.1, 0.15) is 5.82 Å². The highest BCUT2D eigenvalue weighted by molar-refractivity contribution is 5.98. The summed E-state index contributed by atoms with van der Waals surface area (Å²) in [6.45, 7) is 2.43. The summed E-state index contributed by atoms with van der Waals surface area (Å²) in [5, 5.41) is 0. The smallest absolute Gasteiger partial charge is 0.365 e. The minimum Gasteiger partial charge on any atom is -0.365 e. The Morgan fingerprint density at radius 2 is 1.83 bits per heavy atom. The van der Waals surface area contributed by atoms with Crippen molar-refractivity contribution in [3.05, 3.63) is 23.4 Å². The van der Waals surface area contributed by atoms with Crippen LogP contribution in [0.5, 0.6) is 0 Å². The maximum atomic E-state index is 13.9. The fourth-order valence-corrected chi connectivity index (χ4v) is 2.68. The van der Waals surface area contributed by atoms with Crippen molar-refractivity contribution in [2.24, 2.45) is 17.6 Å². The molecule has 2 atom stereocenters. The molecule has 0 aromatic carbocycles. The van der Waals surface area contributed by atoms with E-state index in [1.165, 1.54) is 18.7 Å². The number of amides is 1. The quantitative estimate of drug-likeness (QED) is 0.844. The molecule has 1 saturated heterocycles. The predicted octanol–water partition coefficient (Wildman–Crippen LogP) is 2.93. The van der Waals surface area contributed by atoms with Gasteiger partial charge >= 0.3 is 6.18 Å². The van der Waals surface area contributed by atoms with Gasteiger partial charge in [-0.15, -0.1) is 0 Å². The summed E-state index contributed by atoms with van der Waals surface area (Å²) in [5.74, 6) is -6.14. The van der Waals surface area contributed by atoms with Gasteiger partial charge in [-0.1, -0.05) is 13.8 Å². The average molecular weight is 337 g/mol. The number of piperidine rings is 1. The molecular formula is C14H16F5N3O. The molecule has 2 rings (SSSR count). The molecule has 1 aromatic rings. The van der Waals surface area contributed by atoms with E-state index < -0.39 is 41.0 Å². The number of nitrogens with two attached hydrogens (primary N) is 1. The number of aromatic nitrogens is 1. The Morgan fingerprint density at radius 1 is 1.30 bits per heavy atom. The monoisotopic (exact) mass is 337 g/mol. The summed E-state index contributed by atoms with van der Waals surface area (Å²) in [6, 6.07) is 0.604. The first-order valence-corrected chi connectivity index (χ1v) is 6.94. The van der Waals surface area contributed by atoms with Crippen LogP contribution in [0.2, 0.25) is 0 Å². The molecule has 0 unspecified atom stereocenters. The van der Waals surface area contributed by atoms with Crippen molar-refractivity contribution < 1.29 is 26.7 Å². The first kappa shape index (κ1) is 17.4. The van der Waals surface area contributed by atoms with Gasteiger partial charge in [0.05, 0.1) is 11.1 Å². The lowest BCUT2D eigenvalue weighted by Gasteiger charge is -2.42. The number of carbonyl (C=O) groups is 1. The summed E-state index contributed by atoms with van der Waals surface area (Å²) in [7, 11) is 0. The lowest BCUT2D eigenvalue weighted by Crippen LogP contribution is -2.52. The van der Waals surface area contributed by atoms with Crippen molar-refractivity contribution >= 4 is 11.7 Å². The molecule has 0 saturated carbocycles. The molecule has 4 nitrogen and oxygen atoms in total. The zero-order chi connectivity index (χ0) is 17.6. The second-order valence-electron chi connectivity index (χ2n) is 5.84. The van der Waals surface area contributed by atoms with E-state index >= 15 is 0 Å². The molecule has 1 fully saturated rings. The SMILES string of the molecule is C[C@@H]1CN(c2ncc(C(F)(F)F)cc2C(N)=O)C[C@H](C)C1(F)F. The average Bonchev–Trinajstić information content (AvgIpc) is 2.43. The topological polar surface area (TPSA) is 59.2 Å². The molecule has 1 aliphatic rings. The van der Waals surface area contributed by atoms with Gasteiger partial charge in [0.25, 0.3) is 11.8 Å². The van der Waals surface area contributed by atoms with Crippen molar-refractivity contribution in [3.8, 4) is 0 Å². The van der Waals surface area contributed by atoms with Crippen molar-refractivity contribution in [2.45, 2.75) is 25.9 Å². The lowest BCUT2D eigenvalue weighted by atomic mass is 9.87. The third-order valence-electron chi connectivity index (χ3n) is 4.06. The highest BCUT2D eigenvalue weighted by Gasteiger charge is 2.47. The van der Waals surface area contributed by atoms with E-state index in [1.807, 2.05) is 0 Å². The fourth-order valence-electron chi connectivity index (χ4n) is 2.68. The van der Waals surface area contributed by atoms with Crippen LogP contribution in [0.15, 0.2) is 12.3 Å². The van der Waals surface area contributed by atoms with Gasteiger partial charge in [0.15, 0.2) is 0 Å². The van der Waals surface area contributed by atoms with Gasteiger partial charge in [-0.3, -0.25) is 4.79 Å². The molecule has 2 N–H and O–H groups in total. The van der Waals surface area contributed by atoms with Crippen LogP contribution >= 0.6 is 0 Å². The maximum absolute atomic E-state index is 13.9. The van der Waals surface area contributed by atoms with Crippen LogP contribution < -0.4 is 10.6 Å². The second-order valence-corrected chi connectivity index (χ2v) is 5.84. The van der Waals surface area contributed by atoms with E-state index in [1.54, 1.807) is 0 Å². The molecule has 0 radical (unpaired) electrons. The molecule has 1 aliphatic heterocycles. The maximum Gasteiger partial charge on any atom is 0.417 e. The third kappa shape index (κ3) is 3.23. The Morgan fingerprint density at radius 3 is 2.26 bits per heavy atom. The summed E-state index contributed by atoms with van der Waals surface area (Å²) in [4.78, 5) is 16.5. The van der Waals surface area contributed by atoms with Gasteiger partial charge in [-0.25, -0.2) is 13.8 Å². The Hall–Kier alpha value is -1.93. The second kappa shape index (κ2) is 5.61. The highest BCUT2D eigenvalue weighted by atomic mass is 19.4. The Labute approximate surface area is 129 Å². The summed E-state index contributed by atoms with van der Waals surface area (Å²) >= 11 is 0. The molecule has 2 heterocycles. The van der Waals surface area contributed by atoms with E-state index in [2.05, 4.69) is 4.98 Å². The van der Waals surface area contributed by atoms with Crippen molar-refractivity contribution in [1.82, 2.24) is 4.98 Å². The largest absolute Gasteiger partial charge is 0.417 e. The number of hydrogen-bond acceptors (Lipinski definition) is 3. The molecule has 128 valence electrons. The number of anilines is 1. The van der Waals surface area contributed by atoms with Crippen LogP contribution in [0.1, 0.15) is 29.8 Å². The van der Waals surface area contributed by atoms with Crippen molar-refractivity contribution in [2.75, 3.05) is 18.0 Å². The van der Waals surface area contributed by atoms with Crippen LogP contribution in [0.3, 0.4) is 0 Å². The van der Waals surface area contributed by atoms with Crippen LogP contribution in [0.25, 0.3) is 0 Å². The number of alkyl halides is 5. The molecular weight excluding hydrogens is 321 g/mol. The predicted molar refractivity (Wildman–Crippen MR) is 73.2 cm³/mol. The summed E-state index contributed by atoms with van der Waals surface area (Å²) in [6.07, 6.45) is -4.10. The Bertz CT molecular complexity index is 603. The van der Waals surface area contributed by atoms with Crippen molar-refractivity contribution in [3.63, 3.8) is 0 Å². The molecule has 0 bridgehead atoms. The molecule has 0 aliphatic carbocycles. The minimum atomic E-state index is -4.68. The van der Waals surface area contributed by atoms with Gasteiger partial charge in [0.2, 0.25) is 0 Å². The number of nitrogens with zero attached hydrogens (tertiary/aromatic N) is 2. The molecule has 9 heteroatoms. The summed E-state index contributed by atoms with van der Waals surface area (Å²) in [5.41, 5.74) is 3.60. The van der Waals surface area contributed by atoms with Crippen LogP contribution in [-0.4, -0.2) is 29.9 Å². The van der Waals surface area contributed by atoms with Crippen LogP contribution in [-0.2, 0) is 6.18 Å². The van der Waals surface area contributed by atoms with E-state index in [0.717, 1.165) is 0 Å². The van der Waals surface area contributed by atoms with Gasteiger partial charge in [-0.05, 0) is 6.07 Å². The fraction of sp³-hybridized carbons (Fsp3) is 0.571. The molecule has 23 heavy (non-hydrogen) atoms. The molecule has 1 aromatic heterocycles. The van der Waals surface area contributed by atoms with Crippen molar-refractivity contribution in [1.29, 1.82) is 0 Å². The minimum absolute atomic E-state index is 0.0975. The number of primary amides is 1. The van der Waals surface area contributed by atoms with E-state index in [0.29, 0.717) is 12.3 Å². The van der Waals surface area contributed by atoms with E-state index in [4.69, 9.17) is 5.73 Å². The standard InChI is InChI=1S/C14H16F5N3O/c1-7-5-22(6-8(2)13(7,15)16)12-10(11(20)23)3-9(4-21-12)14(17,18)19/h3-4,7-8H,5-6H2,1-2H3,(H2,20,23)/t7-,8+. The first-order chi connectivity index (χ1) is 10.4. The zero-order valence-corrected chi connectivity index (χ0v) is 12.5. The lowest BCUT2D eigenvalue weighted by molar-refractivity contribution is -0.137. The van der Waals surface area contributed by atoms with Crippen LogP contribution in [0.4, 0.5) is 27.8 Å². The van der Waals surface area contributed by atoms with Gasteiger partial charge in [0, 0.05) is 31.1 Å². The zero-order valence-electron chi connectivity index (χ0n) is 12.5. The Balaban J connectivity index is 2.42. The summed E-state index contributed by atoms with van der Waals surface area (Å²) < 4.78 is 65.9.